The predicted molar refractivity (Wildman–Crippen MR) is 77.2 cm³/mol. The summed E-state index contributed by atoms with van der Waals surface area (Å²) >= 11 is 0. The highest BCUT2D eigenvalue weighted by atomic mass is 16.5. The van der Waals surface area contributed by atoms with Crippen LogP contribution < -0.4 is 4.74 Å². The summed E-state index contributed by atoms with van der Waals surface area (Å²) in [5.41, 5.74) is 1.96. The number of hydrogen-bond acceptors (Lipinski definition) is 4. The van der Waals surface area contributed by atoms with Crippen molar-refractivity contribution in [2.24, 2.45) is 0 Å². The van der Waals surface area contributed by atoms with Crippen molar-refractivity contribution in [1.29, 1.82) is 0 Å². The van der Waals surface area contributed by atoms with Gasteiger partial charge in [0.1, 0.15) is 25.0 Å². The highest BCUT2D eigenvalue weighted by molar-refractivity contribution is 6.01. The number of aliphatic hydroxyl groups is 1. The maximum absolute atomic E-state index is 11.7. The summed E-state index contributed by atoms with van der Waals surface area (Å²) in [6.45, 7) is 3.90. The molecule has 114 valence electrons. The SMILES string of the molecule is Cc1cccc(C)c1OC[C@H](O)CN1C(=O)CN(C)C1=O. The number of β-amino-alcohol motifs (C(OH)–C–C–N with tert-alkyl or cyclic N) is 1. The molecule has 0 aromatic heterocycles. The van der Waals surface area contributed by atoms with E-state index in [0.717, 1.165) is 21.8 Å². The van der Waals surface area contributed by atoms with Crippen LogP contribution in [-0.2, 0) is 4.79 Å². The summed E-state index contributed by atoms with van der Waals surface area (Å²) in [7, 11) is 1.56. The molecule has 1 atom stereocenters. The van der Waals surface area contributed by atoms with Gasteiger partial charge in [0.25, 0.3) is 0 Å². The van der Waals surface area contributed by atoms with Gasteiger partial charge in [-0.05, 0) is 25.0 Å². The molecule has 1 saturated heterocycles. The molecule has 1 aromatic carbocycles. The smallest absolute Gasteiger partial charge is 0.327 e. The van der Waals surface area contributed by atoms with Crippen LogP contribution >= 0.6 is 0 Å². The second kappa shape index (κ2) is 6.13. The predicted octanol–water partition coefficient (Wildman–Crippen LogP) is 0.937. The van der Waals surface area contributed by atoms with E-state index in [2.05, 4.69) is 0 Å². The Bertz CT molecular complexity index is 538. The van der Waals surface area contributed by atoms with Crippen molar-refractivity contribution in [3.8, 4) is 5.75 Å². The van der Waals surface area contributed by atoms with Crippen LogP contribution in [0.2, 0.25) is 0 Å². The molecule has 1 aliphatic rings. The summed E-state index contributed by atoms with van der Waals surface area (Å²) in [6, 6.07) is 5.41. The van der Waals surface area contributed by atoms with Gasteiger partial charge in [-0.3, -0.25) is 9.69 Å². The first kappa shape index (κ1) is 15.3. The molecule has 3 amide bonds. The Kier molecular flexibility index (Phi) is 4.47. The standard InChI is InChI=1S/C15H20N2O4/c1-10-5-4-6-11(2)14(10)21-9-12(18)7-17-13(19)8-16(3)15(17)20/h4-6,12,18H,7-9H2,1-3H3/t12-/m1/s1. The number of imide groups is 1. The minimum absolute atomic E-state index is 0.0342. The topological polar surface area (TPSA) is 70.1 Å². The van der Waals surface area contributed by atoms with E-state index in [9.17, 15) is 14.7 Å². The minimum Gasteiger partial charge on any atom is -0.490 e. The van der Waals surface area contributed by atoms with Gasteiger partial charge < -0.3 is 14.7 Å². The first-order valence-corrected chi connectivity index (χ1v) is 6.82. The molecule has 1 N–H and O–H groups in total. The molecule has 2 rings (SSSR count). The van der Waals surface area contributed by atoms with Crippen LogP contribution in [0.1, 0.15) is 11.1 Å². The Morgan fingerprint density at radius 3 is 2.43 bits per heavy atom. The molecule has 6 nitrogen and oxygen atoms in total. The molecule has 6 heteroatoms. The zero-order valence-electron chi connectivity index (χ0n) is 12.5. The number of para-hydroxylation sites is 1. The molecule has 1 aliphatic heterocycles. The Balaban J connectivity index is 1.92. The molecular weight excluding hydrogens is 272 g/mol. The van der Waals surface area contributed by atoms with Crippen LogP contribution in [0.4, 0.5) is 4.79 Å². The van der Waals surface area contributed by atoms with Gasteiger partial charge in [-0.25, -0.2) is 4.79 Å². The van der Waals surface area contributed by atoms with E-state index in [1.807, 2.05) is 32.0 Å². The highest BCUT2D eigenvalue weighted by Gasteiger charge is 2.34. The van der Waals surface area contributed by atoms with Crippen LogP contribution in [0.15, 0.2) is 18.2 Å². The van der Waals surface area contributed by atoms with Crippen molar-refractivity contribution >= 4 is 11.9 Å². The van der Waals surface area contributed by atoms with Gasteiger partial charge in [0, 0.05) is 7.05 Å². The van der Waals surface area contributed by atoms with Crippen LogP contribution in [0, 0.1) is 13.8 Å². The van der Waals surface area contributed by atoms with E-state index in [0.29, 0.717) is 0 Å². The van der Waals surface area contributed by atoms with E-state index in [1.165, 1.54) is 4.90 Å². The number of hydrogen-bond donors (Lipinski definition) is 1. The monoisotopic (exact) mass is 292 g/mol. The number of carbonyl (C=O) groups excluding carboxylic acids is 2. The summed E-state index contributed by atoms with van der Waals surface area (Å²) in [5, 5.41) is 9.98. The van der Waals surface area contributed by atoms with Gasteiger partial charge in [0.05, 0.1) is 6.54 Å². The normalized spacial score (nSPS) is 16.6. The van der Waals surface area contributed by atoms with Gasteiger partial charge in [0.2, 0.25) is 5.91 Å². The number of aliphatic hydroxyl groups excluding tert-OH is 1. The molecule has 21 heavy (non-hydrogen) atoms. The summed E-state index contributed by atoms with van der Waals surface area (Å²) in [5.74, 6) is 0.432. The Morgan fingerprint density at radius 1 is 1.29 bits per heavy atom. The van der Waals surface area contributed by atoms with Gasteiger partial charge in [0.15, 0.2) is 0 Å². The zero-order chi connectivity index (χ0) is 15.6. The molecule has 1 heterocycles. The minimum atomic E-state index is -0.914. The second-order valence-corrected chi connectivity index (χ2v) is 5.33. The zero-order valence-corrected chi connectivity index (χ0v) is 12.5. The molecule has 0 spiro atoms. The fourth-order valence-electron chi connectivity index (χ4n) is 2.32. The van der Waals surface area contributed by atoms with Gasteiger partial charge in [-0.15, -0.1) is 0 Å². The lowest BCUT2D eigenvalue weighted by Gasteiger charge is -2.20. The van der Waals surface area contributed by atoms with E-state index in [4.69, 9.17) is 4.74 Å². The van der Waals surface area contributed by atoms with Crippen molar-refractivity contribution in [3.05, 3.63) is 29.3 Å². The summed E-state index contributed by atoms with van der Waals surface area (Å²) in [4.78, 5) is 25.7. The van der Waals surface area contributed by atoms with Crippen LogP contribution in [-0.4, -0.2) is 59.7 Å². The third-order valence-electron chi connectivity index (χ3n) is 3.45. The summed E-state index contributed by atoms with van der Waals surface area (Å²) < 4.78 is 5.62. The van der Waals surface area contributed by atoms with Crippen molar-refractivity contribution in [3.63, 3.8) is 0 Å². The quantitative estimate of drug-likeness (QED) is 0.820. The van der Waals surface area contributed by atoms with E-state index < -0.39 is 6.10 Å². The van der Waals surface area contributed by atoms with Crippen LogP contribution in [0.5, 0.6) is 5.75 Å². The fourth-order valence-corrected chi connectivity index (χ4v) is 2.32. The fraction of sp³-hybridized carbons (Fsp3) is 0.467. The maximum atomic E-state index is 11.7. The molecule has 1 fully saturated rings. The van der Waals surface area contributed by atoms with Crippen molar-refractivity contribution in [1.82, 2.24) is 9.80 Å². The van der Waals surface area contributed by atoms with Crippen molar-refractivity contribution in [2.75, 3.05) is 26.7 Å². The maximum Gasteiger partial charge on any atom is 0.327 e. The van der Waals surface area contributed by atoms with Crippen molar-refractivity contribution in [2.45, 2.75) is 20.0 Å². The van der Waals surface area contributed by atoms with Gasteiger partial charge >= 0.3 is 6.03 Å². The number of amides is 3. The average Bonchev–Trinajstić information content (AvgIpc) is 2.65. The number of aryl methyl sites for hydroxylation is 2. The molecule has 0 aliphatic carbocycles. The lowest BCUT2D eigenvalue weighted by atomic mass is 10.1. The van der Waals surface area contributed by atoms with E-state index in [1.54, 1.807) is 7.05 Å². The Morgan fingerprint density at radius 2 is 1.90 bits per heavy atom. The summed E-state index contributed by atoms with van der Waals surface area (Å²) in [6.07, 6.45) is -0.914. The largest absolute Gasteiger partial charge is 0.490 e. The number of carbonyl (C=O) groups is 2. The number of rotatable bonds is 5. The Hall–Kier alpha value is -2.08. The molecule has 0 saturated carbocycles. The first-order valence-electron chi connectivity index (χ1n) is 6.82. The number of nitrogens with zero attached hydrogens (tertiary/aromatic N) is 2. The third-order valence-corrected chi connectivity index (χ3v) is 3.45. The molecule has 1 aromatic rings. The lowest BCUT2D eigenvalue weighted by molar-refractivity contribution is -0.126. The second-order valence-electron chi connectivity index (χ2n) is 5.33. The van der Waals surface area contributed by atoms with Crippen LogP contribution in [0.25, 0.3) is 0 Å². The Labute approximate surface area is 123 Å². The third kappa shape index (κ3) is 3.33. The molecule has 0 unspecified atom stereocenters. The first-order chi connectivity index (χ1) is 9.90. The van der Waals surface area contributed by atoms with Crippen LogP contribution in [0.3, 0.4) is 0 Å². The number of ether oxygens (including phenoxy) is 1. The number of likely N-dealkylation sites (N-methyl/N-ethyl adjacent to an activating group) is 1. The van der Waals surface area contributed by atoms with Gasteiger partial charge in [-0.1, -0.05) is 18.2 Å². The highest BCUT2D eigenvalue weighted by Crippen LogP contribution is 2.22. The number of urea groups is 1. The van der Waals surface area contributed by atoms with Gasteiger partial charge in [-0.2, -0.15) is 0 Å². The van der Waals surface area contributed by atoms with Crippen molar-refractivity contribution < 1.29 is 19.4 Å². The number of benzene rings is 1. The molecule has 0 bridgehead atoms. The van der Waals surface area contributed by atoms with E-state index in [-0.39, 0.29) is 31.6 Å². The van der Waals surface area contributed by atoms with E-state index >= 15 is 0 Å². The molecule has 0 radical (unpaired) electrons. The molecular formula is C15H20N2O4. The average molecular weight is 292 g/mol. The lowest BCUT2D eigenvalue weighted by Crippen LogP contribution is -2.40.